The van der Waals surface area contributed by atoms with E-state index in [-0.39, 0.29) is 70.6 Å². The average molecular weight is 1230 g/mol. The number of hydrogen-bond acceptors (Lipinski definition) is 17. The summed E-state index contributed by atoms with van der Waals surface area (Å²) in [5.74, 6) is 2.51. The van der Waals surface area contributed by atoms with Crippen LogP contribution in [-0.4, -0.2) is 185 Å². The number of nitrogens with zero attached hydrogens (tertiary/aromatic N) is 9. The smallest absolute Gasteiger partial charge is 0.240 e. The lowest BCUT2D eigenvalue weighted by molar-refractivity contribution is -0.134. The number of carbonyl (C=O) groups is 5. The molecule has 0 bridgehead atoms. The Kier molecular flexibility index (Phi) is 28.2. The summed E-state index contributed by atoms with van der Waals surface area (Å²) in [6.45, 7) is 20.3. The molecule has 5 fully saturated rings. The van der Waals surface area contributed by atoms with E-state index < -0.39 is 0 Å². The predicted molar refractivity (Wildman–Crippen MR) is 343 cm³/mol. The van der Waals surface area contributed by atoms with Crippen LogP contribution in [0.4, 0.5) is 0 Å². The molecule has 5 unspecified atom stereocenters. The number of allylic oxidation sites excluding steroid dienone is 5. The number of amides is 5. The molecule has 7 aliphatic rings. The van der Waals surface area contributed by atoms with Crippen molar-refractivity contribution in [3.05, 3.63) is 92.0 Å². The summed E-state index contributed by atoms with van der Waals surface area (Å²) < 4.78 is 5.42. The minimum Gasteiger partial charge on any atom is -0.444 e. The van der Waals surface area contributed by atoms with Gasteiger partial charge in [0.05, 0.1) is 61.0 Å². The summed E-state index contributed by atoms with van der Waals surface area (Å²) in [7, 11) is 9.31. The SMILES string of the molecule is CNC1CCCCN(CC2=CC(C)(C)C=C2)C1=O.CNC1CCCCN(CC2=CC=CC2(C)C)C1=O.CNC1CCCCN(Cc2cnc(C)o2)C1=O.CNC1CCCCN(Cc2cnc(C)s2)C1=O.CNC1CCCCN(Cc2nncs2)C1=O. The molecular formula is C64H102N14O6S2. The lowest BCUT2D eigenvalue weighted by Gasteiger charge is -2.29. The molecular weight excluding hydrogens is 1120 g/mol. The van der Waals surface area contributed by atoms with Gasteiger partial charge in [0.15, 0.2) is 5.89 Å². The van der Waals surface area contributed by atoms with E-state index in [4.69, 9.17) is 4.42 Å². The third kappa shape index (κ3) is 21.4. The fraction of sp³-hybridized carbons (Fsp3) is 0.672. The first-order chi connectivity index (χ1) is 41.3. The number of hydrogen-bond donors (Lipinski definition) is 5. The highest BCUT2D eigenvalue weighted by atomic mass is 32.1. The Labute approximate surface area is 520 Å². The van der Waals surface area contributed by atoms with Crippen molar-refractivity contribution in [3.63, 3.8) is 0 Å². The molecule has 0 spiro atoms. The molecule has 22 heteroatoms. The number of aryl methyl sites for hydroxylation is 2. The fourth-order valence-corrected chi connectivity index (χ4v) is 13.2. The molecule has 0 aromatic carbocycles. The largest absolute Gasteiger partial charge is 0.444 e. The van der Waals surface area contributed by atoms with Crippen LogP contribution < -0.4 is 26.6 Å². The Bertz CT molecular complexity index is 2660. The molecule has 5 saturated heterocycles. The van der Waals surface area contributed by atoms with Crippen molar-refractivity contribution in [1.82, 2.24) is 71.2 Å². The normalized spacial score (nSPS) is 24.1. The van der Waals surface area contributed by atoms with Gasteiger partial charge in [-0.2, -0.15) is 0 Å². The van der Waals surface area contributed by atoms with Gasteiger partial charge in [-0.15, -0.1) is 32.9 Å². The van der Waals surface area contributed by atoms with E-state index in [1.54, 1.807) is 23.0 Å². The van der Waals surface area contributed by atoms with Gasteiger partial charge in [-0.3, -0.25) is 24.0 Å². The van der Waals surface area contributed by atoms with Gasteiger partial charge < -0.3 is 55.5 Å². The summed E-state index contributed by atoms with van der Waals surface area (Å²) in [6.07, 6.45) is 32.4. The molecule has 5 amide bonds. The van der Waals surface area contributed by atoms with Crippen LogP contribution in [0, 0.1) is 24.7 Å². The van der Waals surface area contributed by atoms with Gasteiger partial charge in [-0.25, -0.2) is 9.97 Å². The van der Waals surface area contributed by atoms with Crippen LogP contribution in [0.2, 0.25) is 0 Å². The average Bonchev–Trinajstić information content (AvgIpc) is 3.65. The Hall–Kier alpha value is -5.49. The van der Waals surface area contributed by atoms with Crippen LogP contribution in [0.25, 0.3) is 0 Å². The molecule has 86 heavy (non-hydrogen) atoms. The fourth-order valence-electron chi connectivity index (χ4n) is 11.8. The number of nitrogens with one attached hydrogen (secondary N) is 5. The summed E-state index contributed by atoms with van der Waals surface area (Å²) >= 11 is 3.17. The van der Waals surface area contributed by atoms with Gasteiger partial charge in [0.1, 0.15) is 16.3 Å². The van der Waals surface area contributed by atoms with Gasteiger partial charge in [0.2, 0.25) is 29.5 Å². The van der Waals surface area contributed by atoms with E-state index in [1.807, 2.05) is 79.8 Å². The molecule has 8 heterocycles. The van der Waals surface area contributed by atoms with Crippen molar-refractivity contribution in [2.45, 2.75) is 188 Å². The van der Waals surface area contributed by atoms with Crippen LogP contribution in [0.3, 0.4) is 0 Å². The number of likely N-dealkylation sites (tertiary alicyclic amines) is 5. The Morgan fingerprint density at radius 1 is 0.547 bits per heavy atom. The van der Waals surface area contributed by atoms with Gasteiger partial charge >= 0.3 is 0 Å². The number of oxazole rings is 1. The molecule has 0 saturated carbocycles. The third-order valence-corrected chi connectivity index (χ3v) is 18.6. The van der Waals surface area contributed by atoms with Crippen LogP contribution in [0.5, 0.6) is 0 Å². The summed E-state index contributed by atoms with van der Waals surface area (Å²) in [5, 5.41) is 25.3. The highest BCUT2D eigenvalue weighted by molar-refractivity contribution is 7.11. The maximum Gasteiger partial charge on any atom is 0.240 e. The number of carbonyl (C=O) groups excluding carboxylic acids is 5. The summed E-state index contributed by atoms with van der Waals surface area (Å²) in [4.78, 5) is 80.5. The topological polar surface area (TPSA) is 226 Å². The van der Waals surface area contributed by atoms with E-state index in [1.165, 1.54) is 27.4 Å². The molecule has 476 valence electrons. The maximum absolute atomic E-state index is 12.4. The second-order valence-electron chi connectivity index (χ2n) is 24.7. The minimum absolute atomic E-state index is 0.00516. The highest BCUT2D eigenvalue weighted by Crippen LogP contribution is 2.34. The van der Waals surface area contributed by atoms with Crippen LogP contribution >= 0.6 is 22.7 Å². The molecule has 20 nitrogen and oxygen atoms in total. The Morgan fingerprint density at radius 2 is 0.988 bits per heavy atom. The molecule has 3 aromatic heterocycles. The van der Waals surface area contributed by atoms with E-state index >= 15 is 0 Å². The molecule has 0 radical (unpaired) electrons. The number of likely N-dealkylation sites (N-methyl/N-ethyl adjacent to an activating group) is 5. The van der Waals surface area contributed by atoms with E-state index in [9.17, 15) is 24.0 Å². The predicted octanol–water partition coefficient (Wildman–Crippen LogP) is 7.49. The number of rotatable bonds is 15. The second-order valence-corrected chi connectivity index (χ2v) is 26.9. The molecule has 10 rings (SSSR count). The third-order valence-electron chi connectivity index (χ3n) is 17.1. The lowest BCUT2D eigenvalue weighted by atomic mass is 9.87. The number of aromatic nitrogens is 4. The molecule has 5 aliphatic heterocycles. The van der Waals surface area contributed by atoms with Crippen LogP contribution in [0.1, 0.15) is 151 Å². The van der Waals surface area contributed by atoms with Crippen molar-refractivity contribution in [3.8, 4) is 0 Å². The van der Waals surface area contributed by atoms with Crippen LogP contribution in [-0.2, 0) is 43.6 Å². The lowest BCUT2D eigenvalue weighted by Crippen LogP contribution is -2.45. The Balaban J connectivity index is 0.000000172. The van der Waals surface area contributed by atoms with E-state index in [0.717, 1.165) is 158 Å². The first-order valence-corrected chi connectivity index (χ1v) is 33.2. The van der Waals surface area contributed by atoms with Gasteiger partial charge in [0, 0.05) is 74.6 Å². The van der Waals surface area contributed by atoms with Crippen molar-refractivity contribution in [2.75, 3.05) is 81.1 Å². The van der Waals surface area contributed by atoms with Gasteiger partial charge in [-0.05, 0) is 150 Å². The molecule has 5 atom stereocenters. The van der Waals surface area contributed by atoms with E-state index in [0.29, 0.717) is 25.5 Å². The van der Waals surface area contributed by atoms with Crippen molar-refractivity contribution in [1.29, 1.82) is 0 Å². The van der Waals surface area contributed by atoms with Crippen molar-refractivity contribution < 1.29 is 28.4 Å². The zero-order valence-electron chi connectivity index (χ0n) is 53.6. The standard InChI is InChI=1S/2C15H24N2O.C12H19N3O2.C12H19N3OS.C10H16N4OS/c1-15(2)9-6-7-12(15)11-17-10-5-4-8-13(16-3)14(17)18;1-15(2)8-7-12(10-15)11-17-9-5-4-6-13(16-3)14(17)18;2*1-9-14-7-10(17-9)8-15-6-4-3-5-11(13-2)12(15)16;1-11-8-4-2-3-5-14(10(8)15)6-9-13-12-7-16-9/h6-7,9,13,16H,4-5,8,10-11H2,1-3H3;7-8,10,13,16H,4-6,9,11H2,1-3H3;2*7,11,13H,3-6,8H2,1-2H3;7-8,11H,2-6H2,1H3. The molecule has 3 aromatic rings. The summed E-state index contributed by atoms with van der Waals surface area (Å²) in [5.41, 5.74) is 4.55. The quantitative estimate of drug-likeness (QED) is 0.0994. The number of thiazole rings is 1. The maximum atomic E-state index is 12.4. The van der Waals surface area contributed by atoms with Gasteiger partial charge in [0.25, 0.3) is 0 Å². The second kappa shape index (κ2) is 34.9. The highest BCUT2D eigenvalue weighted by Gasteiger charge is 2.33. The first kappa shape index (κ1) is 69.6. The minimum atomic E-state index is -0.0541. The zero-order valence-corrected chi connectivity index (χ0v) is 55.2. The van der Waals surface area contributed by atoms with E-state index in [2.05, 4.69) is 111 Å². The summed E-state index contributed by atoms with van der Waals surface area (Å²) in [6, 6.07) is -0.0828. The molecule has 2 aliphatic carbocycles. The zero-order chi connectivity index (χ0) is 62.2. The van der Waals surface area contributed by atoms with Gasteiger partial charge in [-0.1, -0.05) is 64.2 Å². The molecule has 5 N–H and O–H groups in total. The first-order valence-electron chi connectivity index (χ1n) is 31.5. The van der Waals surface area contributed by atoms with Crippen molar-refractivity contribution in [2.24, 2.45) is 10.8 Å². The Morgan fingerprint density at radius 3 is 1.35 bits per heavy atom. The van der Waals surface area contributed by atoms with Crippen molar-refractivity contribution >= 4 is 52.2 Å². The monoisotopic (exact) mass is 1230 g/mol. The van der Waals surface area contributed by atoms with Crippen LogP contribution in [0.15, 0.2) is 69.9 Å².